The summed E-state index contributed by atoms with van der Waals surface area (Å²) >= 11 is 6.32. The zero-order valence-electron chi connectivity index (χ0n) is 16.4. The first-order valence-corrected chi connectivity index (χ1v) is 9.69. The van der Waals surface area contributed by atoms with Crippen molar-refractivity contribution in [2.24, 2.45) is 10.9 Å². The Hall–Kier alpha value is -0.970. The minimum atomic E-state index is 0. The van der Waals surface area contributed by atoms with Crippen LogP contribution in [0.4, 0.5) is 0 Å². The zero-order valence-corrected chi connectivity index (χ0v) is 19.5. The molecular formula is C19H29ClIN3O4. The molecule has 1 unspecified atom stereocenters. The molecule has 7 nitrogen and oxygen atoms in total. The van der Waals surface area contributed by atoms with E-state index >= 15 is 0 Å². The van der Waals surface area contributed by atoms with E-state index < -0.39 is 0 Å². The van der Waals surface area contributed by atoms with Gasteiger partial charge >= 0.3 is 0 Å². The standard InChI is InChI=1S/C19H28ClN3O4.HI/c1-21-19(23-4-3-14(12-23)13-25-6-5-24-2)22-11-15-9-16(20)18-17(10-15)26-7-8-27-18;/h9-10,14H,3-8,11-13H2,1-2H3,(H,21,22);1H. The molecule has 2 heterocycles. The van der Waals surface area contributed by atoms with Crippen molar-refractivity contribution in [3.05, 3.63) is 22.7 Å². The van der Waals surface area contributed by atoms with Gasteiger partial charge in [-0.3, -0.25) is 4.99 Å². The molecule has 0 radical (unpaired) electrons. The highest BCUT2D eigenvalue weighted by Gasteiger charge is 2.25. The Labute approximate surface area is 188 Å². The van der Waals surface area contributed by atoms with E-state index in [0.717, 1.165) is 37.6 Å². The lowest BCUT2D eigenvalue weighted by atomic mass is 10.1. The quantitative estimate of drug-likeness (QED) is 0.256. The van der Waals surface area contributed by atoms with E-state index in [1.165, 1.54) is 0 Å². The van der Waals surface area contributed by atoms with E-state index in [9.17, 15) is 0 Å². The minimum Gasteiger partial charge on any atom is -0.486 e. The minimum absolute atomic E-state index is 0. The van der Waals surface area contributed by atoms with Gasteiger partial charge in [0.15, 0.2) is 17.5 Å². The molecule has 0 aliphatic carbocycles. The number of hydrogen-bond acceptors (Lipinski definition) is 5. The number of halogens is 2. The summed E-state index contributed by atoms with van der Waals surface area (Å²) < 4.78 is 21.9. The second-order valence-corrected chi connectivity index (χ2v) is 7.08. The highest BCUT2D eigenvalue weighted by atomic mass is 127. The summed E-state index contributed by atoms with van der Waals surface area (Å²) in [4.78, 5) is 6.69. The summed E-state index contributed by atoms with van der Waals surface area (Å²) in [5.41, 5.74) is 1.03. The second kappa shape index (κ2) is 11.9. The molecule has 9 heteroatoms. The fourth-order valence-electron chi connectivity index (χ4n) is 3.33. The highest BCUT2D eigenvalue weighted by Crippen LogP contribution is 2.38. The van der Waals surface area contributed by atoms with E-state index in [-0.39, 0.29) is 24.0 Å². The van der Waals surface area contributed by atoms with Gasteiger partial charge in [0, 0.05) is 39.7 Å². The van der Waals surface area contributed by atoms with Crippen LogP contribution in [-0.2, 0) is 16.0 Å². The van der Waals surface area contributed by atoms with Crippen LogP contribution in [0.15, 0.2) is 17.1 Å². The van der Waals surface area contributed by atoms with Gasteiger partial charge in [-0.05, 0) is 24.1 Å². The number of fused-ring (bicyclic) bond motifs is 1. The third-order valence-electron chi connectivity index (χ3n) is 4.69. The van der Waals surface area contributed by atoms with Gasteiger partial charge in [-0.15, -0.1) is 24.0 Å². The molecule has 1 N–H and O–H groups in total. The number of aliphatic imine (C=N–C) groups is 1. The average molecular weight is 526 g/mol. The van der Waals surface area contributed by atoms with Crippen molar-refractivity contribution in [1.82, 2.24) is 10.2 Å². The van der Waals surface area contributed by atoms with Crippen LogP contribution in [-0.4, -0.2) is 71.1 Å². The van der Waals surface area contributed by atoms with Crippen molar-refractivity contribution in [3.63, 3.8) is 0 Å². The number of rotatable bonds is 7. The number of likely N-dealkylation sites (tertiary alicyclic amines) is 1. The average Bonchev–Trinajstić information content (AvgIpc) is 3.15. The predicted octanol–water partition coefficient (Wildman–Crippen LogP) is 2.79. The van der Waals surface area contributed by atoms with E-state index in [1.807, 2.05) is 19.2 Å². The van der Waals surface area contributed by atoms with Crippen LogP contribution in [0.25, 0.3) is 0 Å². The van der Waals surface area contributed by atoms with Gasteiger partial charge in [0.05, 0.1) is 24.8 Å². The van der Waals surface area contributed by atoms with Gasteiger partial charge in [0.1, 0.15) is 13.2 Å². The molecule has 2 aliphatic heterocycles. The molecule has 0 saturated carbocycles. The molecule has 0 aromatic heterocycles. The van der Waals surface area contributed by atoms with Gasteiger partial charge in [0.2, 0.25) is 0 Å². The molecule has 0 spiro atoms. The number of nitrogens with zero attached hydrogens (tertiary/aromatic N) is 2. The summed E-state index contributed by atoms with van der Waals surface area (Å²) in [7, 11) is 3.49. The normalized spacial score (nSPS) is 18.8. The van der Waals surface area contributed by atoms with Crippen molar-refractivity contribution in [2.45, 2.75) is 13.0 Å². The predicted molar refractivity (Wildman–Crippen MR) is 120 cm³/mol. The first-order chi connectivity index (χ1) is 13.2. The van der Waals surface area contributed by atoms with E-state index in [2.05, 4.69) is 15.2 Å². The summed E-state index contributed by atoms with van der Waals surface area (Å²) in [6, 6.07) is 3.88. The zero-order chi connectivity index (χ0) is 19.1. The van der Waals surface area contributed by atoms with Crippen molar-refractivity contribution in [2.75, 3.05) is 60.3 Å². The van der Waals surface area contributed by atoms with Gasteiger partial charge in [-0.1, -0.05) is 11.6 Å². The van der Waals surface area contributed by atoms with Gasteiger partial charge in [0.25, 0.3) is 0 Å². The molecule has 158 valence electrons. The largest absolute Gasteiger partial charge is 0.486 e. The molecule has 1 aromatic carbocycles. The Kier molecular flexibility index (Phi) is 9.90. The maximum absolute atomic E-state index is 6.32. The van der Waals surface area contributed by atoms with Crippen LogP contribution in [0, 0.1) is 5.92 Å². The number of guanidine groups is 1. The first-order valence-electron chi connectivity index (χ1n) is 9.31. The number of benzene rings is 1. The van der Waals surface area contributed by atoms with Gasteiger partial charge in [-0.2, -0.15) is 0 Å². The molecule has 1 aromatic rings. The van der Waals surface area contributed by atoms with Crippen molar-refractivity contribution in [3.8, 4) is 11.5 Å². The highest BCUT2D eigenvalue weighted by molar-refractivity contribution is 14.0. The van der Waals surface area contributed by atoms with Crippen LogP contribution in [0.2, 0.25) is 5.02 Å². The van der Waals surface area contributed by atoms with E-state index in [4.69, 9.17) is 30.5 Å². The Morgan fingerprint density at radius 1 is 1.32 bits per heavy atom. The molecule has 1 saturated heterocycles. The molecule has 3 rings (SSSR count). The smallest absolute Gasteiger partial charge is 0.193 e. The fraction of sp³-hybridized carbons (Fsp3) is 0.632. The van der Waals surface area contributed by atoms with Crippen molar-refractivity contribution >= 4 is 41.5 Å². The monoisotopic (exact) mass is 525 g/mol. The summed E-state index contributed by atoms with van der Waals surface area (Å²) in [6.45, 7) is 5.64. The number of ether oxygens (including phenoxy) is 4. The number of nitrogens with one attached hydrogen (secondary N) is 1. The maximum Gasteiger partial charge on any atom is 0.193 e. The van der Waals surface area contributed by atoms with Crippen LogP contribution in [0.1, 0.15) is 12.0 Å². The van der Waals surface area contributed by atoms with Crippen LogP contribution in [0.5, 0.6) is 11.5 Å². The SMILES string of the molecule is CN=C(NCc1cc(Cl)c2c(c1)OCCO2)N1CCC(COCCOC)C1.I. The lowest BCUT2D eigenvalue weighted by molar-refractivity contribution is 0.0536. The summed E-state index contributed by atoms with van der Waals surface area (Å²) in [5, 5.41) is 4.00. The van der Waals surface area contributed by atoms with Crippen LogP contribution < -0.4 is 14.8 Å². The van der Waals surface area contributed by atoms with Crippen molar-refractivity contribution < 1.29 is 18.9 Å². The molecular weight excluding hydrogens is 497 g/mol. The molecule has 1 fully saturated rings. The third-order valence-corrected chi connectivity index (χ3v) is 4.97. The summed E-state index contributed by atoms with van der Waals surface area (Å²) in [5.74, 6) is 2.74. The topological polar surface area (TPSA) is 64.6 Å². The van der Waals surface area contributed by atoms with Crippen molar-refractivity contribution in [1.29, 1.82) is 0 Å². The second-order valence-electron chi connectivity index (χ2n) is 6.67. The summed E-state index contributed by atoms with van der Waals surface area (Å²) in [6.07, 6.45) is 1.10. The van der Waals surface area contributed by atoms with Crippen LogP contribution in [0.3, 0.4) is 0 Å². The molecule has 2 aliphatic rings. The van der Waals surface area contributed by atoms with E-state index in [0.29, 0.717) is 55.4 Å². The maximum atomic E-state index is 6.32. The molecule has 28 heavy (non-hydrogen) atoms. The lowest BCUT2D eigenvalue weighted by Gasteiger charge is -2.23. The van der Waals surface area contributed by atoms with Crippen LogP contribution >= 0.6 is 35.6 Å². The fourth-order valence-corrected chi connectivity index (χ4v) is 3.62. The van der Waals surface area contributed by atoms with Gasteiger partial charge in [-0.25, -0.2) is 0 Å². The number of hydrogen-bond donors (Lipinski definition) is 1. The molecule has 1 atom stereocenters. The Balaban J connectivity index is 0.00000280. The number of methoxy groups -OCH3 is 1. The lowest BCUT2D eigenvalue weighted by Crippen LogP contribution is -2.39. The first kappa shape index (κ1) is 23.3. The third kappa shape index (κ3) is 6.27. The van der Waals surface area contributed by atoms with Gasteiger partial charge < -0.3 is 29.2 Å². The Bertz CT molecular complexity index is 662. The Morgan fingerprint density at radius 3 is 2.93 bits per heavy atom. The molecule has 0 bridgehead atoms. The molecule has 0 amide bonds. The Morgan fingerprint density at radius 2 is 2.14 bits per heavy atom. The van der Waals surface area contributed by atoms with E-state index in [1.54, 1.807) is 7.11 Å².